The lowest BCUT2D eigenvalue weighted by molar-refractivity contribution is 0.499. The second kappa shape index (κ2) is 7.55. The van der Waals surface area contributed by atoms with Crippen LogP contribution in [0.5, 0.6) is 0 Å². The molecule has 20 heavy (non-hydrogen) atoms. The summed E-state index contributed by atoms with van der Waals surface area (Å²) in [5.41, 5.74) is 0.631. The topological polar surface area (TPSA) is 12.0 Å². The molecule has 0 amide bonds. The molecule has 0 saturated heterocycles. The van der Waals surface area contributed by atoms with Crippen LogP contribution in [0.15, 0.2) is 34.1 Å². The van der Waals surface area contributed by atoms with Gasteiger partial charge >= 0.3 is 0 Å². The molecule has 1 nitrogen and oxygen atoms in total. The number of nitrogens with one attached hydrogen (secondary N) is 1. The van der Waals surface area contributed by atoms with E-state index < -0.39 is 0 Å². The molecule has 0 aliphatic carbocycles. The molecule has 1 heterocycles. The lowest BCUT2D eigenvalue weighted by Crippen LogP contribution is -2.24. The summed E-state index contributed by atoms with van der Waals surface area (Å²) in [5, 5.41) is 6.00. The smallest absolute Gasteiger partial charge is 0.128 e. The fraction of sp³-hybridized carbons (Fsp3) is 0.333. The maximum Gasteiger partial charge on any atom is 0.128 e. The summed E-state index contributed by atoms with van der Waals surface area (Å²) in [6, 6.07) is 6.68. The number of benzene rings is 1. The van der Waals surface area contributed by atoms with Gasteiger partial charge in [-0.3, -0.25) is 0 Å². The Kier molecular flexibility index (Phi) is 6.02. The number of thiophene rings is 1. The van der Waals surface area contributed by atoms with Gasteiger partial charge in [0.2, 0.25) is 0 Å². The zero-order valence-electron chi connectivity index (χ0n) is 11.1. The molecule has 1 aromatic heterocycles. The Morgan fingerprint density at radius 3 is 2.85 bits per heavy atom. The van der Waals surface area contributed by atoms with E-state index in [0.717, 1.165) is 23.9 Å². The second-order valence-electron chi connectivity index (χ2n) is 4.57. The van der Waals surface area contributed by atoms with Crippen molar-refractivity contribution in [3.63, 3.8) is 0 Å². The standard InChI is InChI=1S/C15H16BrClFNS/c1-2-6-19-14(9-15-12(16)5-7-20-15)11-8-10(17)3-4-13(11)18/h3-5,7-8,14,19H,2,6,9H2,1H3. The highest BCUT2D eigenvalue weighted by Crippen LogP contribution is 2.30. The normalized spacial score (nSPS) is 12.6. The summed E-state index contributed by atoms with van der Waals surface area (Å²) < 4.78 is 15.1. The van der Waals surface area contributed by atoms with Crippen molar-refractivity contribution in [1.82, 2.24) is 5.32 Å². The van der Waals surface area contributed by atoms with Crippen molar-refractivity contribution in [3.05, 3.63) is 55.4 Å². The number of hydrogen-bond donors (Lipinski definition) is 1. The van der Waals surface area contributed by atoms with Gasteiger partial charge in [0.15, 0.2) is 0 Å². The van der Waals surface area contributed by atoms with Crippen LogP contribution in [0.2, 0.25) is 5.02 Å². The number of rotatable bonds is 6. The molecule has 0 radical (unpaired) electrons. The van der Waals surface area contributed by atoms with Crippen LogP contribution in [0, 0.1) is 5.82 Å². The largest absolute Gasteiger partial charge is 0.310 e. The van der Waals surface area contributed by atoms with Crippen LogP contribution in [-0.4, -0.2) is 6.54 Å². The number of hydrogen-bond acceptors (Lipinski definition) is 2. The van der Waals surface area contributed by atoms with Crippen molar-refractivity contribution in [3.8, 4) is 0 Å². The third-order valence-corrected chi connectivity index (χ3v) is 5.24. The van der Waals surface area contributed by atoms with Gasteiger partial charge in [0.1, 0.15) is 5.82 Å². The molecule has 0 saturated carbocycles. The Bertz CT molecular complexity index is 573. The van der Waals surface area contributed by atoms with Crippen LogP contribution in [0.4, 0.5) is 4.39 Å². The molecular formula is C15H16BrClFNS. The molecule has 108 valence electrons. The highest BCUT2D eigenvalue weighted by atomic mass is 79.9. The monoisotopic (exact) mass is 375 g/mol. The molecule has 0 fully saturated rings. The predicted molar refractivity (Wildman–Crippen MR) is 88.2 cm³/mol. The molecule has 0 bridgehead atoms. The van der Waals surface area contributed by atoms with E-state index in [1.54, 1.807) is 23.5 Å². The molecular weight excluding hydrogens is 361 g/mol. The zero-order valence-corrected chi connectivity index (χ0v) is 14.3. The van der Waals surface area contributed by atoms with Gasteiger partial charge in [0.05, 0.1) is 0 Å². The molecule has 0 aliphatic heterocycles. The van der Waals surface area contributed by atoms with Crippen LogP contribution in [0.1, 0.15) is 29.8 Å². The first-order chi connectivity index (χ1) is 9.61. The van der Waals surface area contributed by atoms with Crippen LogP contribution >= 0.6 is 38.9 Å². The van der Waals surface area contributed by atoms with Crippen molar-refractivity contribution in [1.29, 1.82) is 0 Å². The molecule has 1 unspecified atom stereocenters. The van der Waals surface area contributed by atoms with Crippen LogP contribution in [-0.2, 0) is 6.42 Å². The van der Waals surface area contributed by atoms with Gasteiger partial charge in [0.25, 0.3) is 0 Å². The van der Waals surface area contributed by atoms with Gasteiger partial charge in [-0.1, -0.05) is 18.5 Å². The van der Waals surface area contributed by atoms with E-state index >= 15 is 0 Å². The lowest BCUT2D eigenvalue weighted by atomic mass is 10.0. The fourth-order valence-corrected chi connectivity index (χ4v) is 3.79. The molecule has 2 aromatic rings. The Hall–Kier alpha value is -0.420. The van der Waals surface area contributed by atoms with Crippen LogP contribution < -0.4 is 5.32 Å². The minimum atomic E-state index is -0.212. The predicted octanol–water partition coefficient (Wildman–Crippen LogP) is 5.59. The Labute approximate surface area is 136 Å². The molecule has 1 N–H and O–H groups in total. The van der Waals surface area contributed by atoms with Crippen molar-refractivity contribution in [2.75, 3.05) is 6.54 Å². The minimum Gasteiger partial charge on any atom is -0.310 e. The van der Waals surface area contributed by atoms with Gasteiger partial charge in [0, 0.05) is 32.4 Å². The highest BCUT2D eigenvalue weighted by Gasteiger charge is 2.18. The van der Waals surface area contributed by atoms with Gasteiger partial charge in [-0.25, -0.2) is 4.39 Å². The molecule has 0 aliphatic rings. The maximum atomic E-state index is 14.1. The summed E-state index contributed by atoms with van der Waals surface area (Å²) in [6.45, 7) is 2.94. The number of halogens is 3. The second-order valence-corrected chi connectivity index (χ2v) is 6.86. The first-order valence-corrected chi connectivity index (χ1v) is 8.57. The summed E-state index contributed by atoms with van der Waals surface area (Å²) in [5.74, 6) is -0.212. The first-order valence-electron chi connectivity index (χ1n) is 6.52. The van der Waals surface area contributed by atoms with E-state index in [2.05, 4.69) is 28.2 Å². The Morgan fingerprint density at radius 1 is 1.40 bits per heavy atom. The van der Waals surface area contributed by atoms with Crippen molar-refractivity contribution < 1.29 is 4.39 Å². The van der Waals surface area contributed by atoms with Crippen molar-refractivity contribution in [2.24, 2.45) is 0 Å². The van der Waals surface area contributed by atoms with Crippen LogP contribution in [0.25, 0.3) is 0 Å². The van der Waals surface area contributed by atoms with E-state index in [-0.39, 0.29) is 11.9 Å². The zero-order chi connectivity index (χ0) is 14.5. The van der Waals surface area contributed by atoms with E-state index in [4.69, 9.17) is 11.6 Å². The third kappa shape index (κ3) is 4.04. The summed E-state index contributed by atoms with van der Waals surface area (Å²) in [4.78, 5) is 1.21. The quantitative estimate of drug-likeness (QED) is 0.693. The SMILES string of the molecule is CCCNC(Cc1sccc1Br)c1cc(Cl)ccc1F. The van der Waals surface area contributed by atoms with E-state index in [9.17, 15) is 4.39 Å². The minimum absolute atomic E-state index is 0.0661. The van der Waals surface area contributed by atoms with E-state index in [1.807, 2.05) is 11.4 Å². The Morgan fingerprint density at radius 2 is 2.20 bits per heavy atom. The van der Waals surface area contributed by atoms with Crippen molar-refractivity contribution in [2.45, 2.75) is 25.8 Å². The first kappa shape index (κ1) is 16.0. The van der Waals surface area contributed by atoms with Gasteiger partial charge < -0.3 is 5.32 Å². The fourth-order valence-electron chi connectivity index (χ4n) is 2.05. The molecule has 5 heteroatoms. The summed E-state index contributed by atoms with van der Waals surface area (Å²) in [6.07, 6.45) is 1.75. The van der Waals surface area contributed by atoms with Gasteiger partial charge in [-0.2, -0.15) is 0 Å². The summed E-state index contributed by atoms with van der Waals surface area (Å²) in [7, 11) is 0. The molecule has 1 atom stereocenters. The maximum absolute atomic E-state index is 14.1. The van der Waals surface area contributed by atoms with Gasteiger partial charge in [-0.15, -0.1) is 11.3 Å². The lowest BCUT2D eigenvalue weighted by Gasteiger charge is -2.19. The average molecular weight is 377 g/mol. The average Bonchev–Trinajstić information content (AvgIpc) is 2.83. The van der Waals surface area contributed by atoms with Crippen LogP contribution in [0.3, 0.4) is 0 Å². The van der Waals surface area contributed by atoms with Gasteiger partial charge in [-0.05, 0) is 58.5 Å². The molecule has 1 aromatic carbocycles. The molecule has 2 rings (SSSR count). The molecule has 0 spiro atoms. The summed E-state index contributed by atoms with van der Waals surface area (Å²) >= 11 is 11.2. The Balaban J connectivity index is 2.27. The third-order valence-electron chi connectivity index (χ3n) is 3.05. The van der Waals surface area contributed by atoms with E-state index in [1.165, 1.54) is 10.9 Å². The van der Waals surface area contributed by atoms with Crippen molar-refractivity contribution >= 4 is 38.9 Å². The highest BCUT2D eigenvalue weighted by molar-refractivity contribution is 9.10. The van der Waals surface area contributed by atoms with E-state index in [0.29, 0.717) is 10.6 Å².